The van der Waals surface area contributed by atoms with Crippen LogP contribution in [0.4, 0.5) is 0 Å². The zero-order valence-electron chi connectivity index (χ0n) is 12.7. The molecule has 108 valence electrons. The van der Waals surface area contributed by atoms with Gasteiger partial charge in [-0.3, -0.25) is 9.78 Å². The first-order chi connectivity index (χ1) is 9.27. The van der Waals surface area contributed by atoms with Crippen LogP contribution in [0.2, 0.25) is 0 Å². The molecule has 1 fully saturated rings. The van der Waals surface area contributed by atoms with Gasteiger partial charge in [-0.1, -0.05) is 6.07 Å². The van der Waals surface area contributed by atoms with Crippen LogP contribution in [-0.4, -0.2) is 36.3 Å². The number of carbonyl (C=O) groups excluding carboxylic acids is 1. The van der Waals surface area contributed by atoms with E-state index in [9.17, 15) is 4.79 Å². The minimum absolute atomic E-state index is 0.0820. The topological polar surface area (TPSA) is 60.5 Å². The van der Waals surface area contributed by atoms with Crippen molar-refractivity contribution in [3.05, 3.63) is 24.0 Å². The van der Waals surface area contributed by atoms with Crippen LogP contribution in [0.3, 0.4) is 0 Å². The molecule has 2 heterocycles. The van der Waals surface area contributed by atoms with E-state index in [0.717, 1.165) is 5.46 Å². The van der Waals surface area contributed by atoms with E-state index in [1.54, 1.807) is 13.2 Å². The number of nitrogens with one attached hydrogen (secondary N) is 1. The zero-order chi connectivity index (χ0) is 15.0. The summed E-state index contributed by atoms with van der Waals surface area (Å²) in [5.41, 5.74) is 0.690. The number of amides is 1. The predicted molar refractivity (Wildman–Crippen MR) is 77.7 cm³/mol. The molecule has 1 amide bonds. The van der Waals surface area contributed by atoms with Crippen LogP contribution in [0.1, 0.15) is 33.4 Å². The smallest absolute Gasteiger partial charge is 0.399 e. The molecule has 0 bridgehead atoms. The van der Waals surface area contributed by atoms with Crippen molar-refractivity contribution in [3.63, 3.8) is 0 Å². The van der Waals surface area contributed by atoms with E-state index in [2.05, 4.69) is 10.3 Å². The van der Waals surface area contributed by atoms with Gasteiger partial charge in [0, 0.05) is 24.4 Å². The molecule has 1 aromatic rings. The summed E-state index contributed by atoms with van der Waals surface area (Å²) in [5.74, 6) is -0.0820. The van der Waals surface area contributed by atoms with Crippen molar-refractivity contribution in [1.82, 2.24) is 10.3 Å². The molecule has 0 radical (unpaired) electrons. The lowest BCUT2D eigenvalue weighted by Gasteiger charge is -2.32. The van der Waals surface area contributed by atoms with Crippen LogP contribution in [0.5, 0.6) is 0 Å². The highest BCUT2D eigenvalue weighted by atomic mass is 16.7. The standard InChI is InChI=1S/C14H21BN2O3/c1-13(2)14(3,4)20-15(19-13)10-7-6-8-17-11(10)9-12(18)16-5/h6-8H,9H2,1-5H3,(H,16,18). The fraction of sp³-hybridized carbons (Fsp3) is 0.571. The first-order valence-electron chi connectivity index (χ1n) is 6.77. The minimum Gasteiger partial charge on any atom is -0.399 e. The van der Waals surface area contributed by atoms with Crippen molar-refractivity contribution in [2.75, 3.05) is 7.05 Å². The highest BCUT2D eigenvalue weighted by molar-refractivity contribution is 6.62. The minimum atomic E-state index is -0.492. The average Bonchev–Trinajstić information content (AvgIpc) is 2.59. The summed E-state index contributed by atoms with van der Waals surface area (Å²) in [7, 11) is 1.12. The van der Waals surface area contributed by atoms with E-state index >= 15 is 0 Å². The average molecular weight is 276 g/mol. The Morgan fingerprint density at radius 1 is 1.30 bits per heavy atom. The number of carbonyl (C=O) groups is 1. The van der Waals surface area contributed by atoms with Gasteiger partial charge in [0.25, 0.3) is 0 Å². The molecule has 1 aliphatic rings. The van der Waals surface area contributed by atoms with Gasteiger partial charge in [0.15, 0.2) is 0 Å². The zero-order valence-corrected chi connectivity index (χ0v) is 12.7. The SMILES string of the molecule is CNC(=O)Cc1ncccc1B1OC(C)(C)C(C)(C)O1. The monoisotopic (exact) mass is 276 g/mol. The Hall–Kier alpha value is -1.40. The fourth-order valence-corrected chi connectivity index (χ4v) is 2.02. The van der Waals surface area contributed by atoms with Crippen LogP contribution >= 0.6 is 0 Å². The van der Waals surface area contributed by atoms with Crippen LogP contribution in [0.25, 0.3) is 0 Å². The second-order valence-electron chi connectivity index (χ2n) is 5.98. The van der Waals surface area contributed by atoms with E-state index in [0.29, 0.717) is 5.69 Å². The molecule has 5 nitrogen and oxygen atoms in total. The molecule has 0 spiro atoms. The Labute approximate surface area is 120 Å². The number of rotatable bonds is 3. The summed E-state index contributed by atoms with van der Waals surface area (Å²) in [6.07, 6.45) is 1.89. The number of nitrogens with zero attached hydrogens (tertiary/aromatic N) is 1. The van der Waals surface area contributed by atoms with Gasteiger partial charge in [-0.05, 0) is 33.8 Å². The lowest BCUT2D eigenvalue weighted by atomic mass is 9.77. The molecular formula is C14H21BN2O3. The maximum atomic E-state index is 11.6. The molecule has 0 aliphatic carbocycles. The largest absolute Gasteiger partial charge is 0.496 e. The Kier molecular flexibility index (Phi) is 3.89. The molecule has 1 saturated heterocycles. The molecule has 0 saturated carbocycles. The molecule has 1 aliphatic heterocycles. The number of hydrogen-bond acceptors (Lipinski definition) is 4. The molecule has 6 heteroatoms. The third kappa shape index (κ3) is 2.71. The summed E-state index contributed by atoms with van der Waals surface area (Å²) < 4.78 is 12.0. The number of hydrogen-bond donors (Lipinski definition) is 1. The highest BCUT2D eigenvalue weighted by Crippen LogP contribution is 2.36. The summed E-state index contributed by atoms with van der Waals surface area (Å²) in [4.78, 5) is 15.9. The quantitative estimate of drug-likeness (QED) is 0.824. The van der Waals surface area contributed by atoms with Gasteiger partial charge in [-0.15, -0.1) is 0 Å². The first-order valence-corrected chi connectivity index (χ1v) is 6.77. The van der Waals surface area contributed by atoms with E-state index < -0.39 is 18.3 Å². The van der Waals surface area contributed by atoms with E-state index in [-0.39, 0.29) is 12.3 Å². The first kappa shape index (κ1) is 15.0. The Morgan fingerprint density at radius 3 is 2.45 bits per heavy atom. The predicted octanol–water partition coefficient (Wildman–Crippen LogP) is 0.669. The van der Waals surface area contributed by atoms with Crippen molar-refractivity contribution in [2.24, 2.45) is 0 Å². The third-order valence-corrected chi connectivity index (χ3v) is 4.04. The van der Waals surface area contributed by atoms with Gasteiger partial charge in [0.05, 0.1) is 17.6 Å². The number of likely N-dealkylation sites (N-methyl/N-ethyl adjacent to an activating group) is 1. The van der Waals surface area contributed by atoms with E-state index in [4.69, 9.17) is 9.31 Å². The van der Waals surface area contributed by atoms with Gasteiger partial charge in [-0.25, -0.2) is 0 Å². The summed E-state index contributed by atoms with van der Waals surface area (Å²) in [6.45, 7) is 8.01. The lowest BCUT2D eigenvalue weighted by molar-refractivity contribution is -0.119. The maximum Gasteiger partial charge on any atom is 0.496 e. The van der Waals surface area contributed by atoms with Crippen molar-refractivity contribution in [3.8, 4) is 0 Å². The van der Waals surface area contributed by atoms with Crippen molar-refractivity contribution >= 4 is 18.5 Å². The Balaban J connectivity index is 2.28. The highest BCUT2D eigenvalue weighted by Gasteiger charge is 2.52. The molecule has 0 unspecified atom stereocenters. The number of pyridine rings is 1. The molecule has 1 aromatic heterocycles. The van der Waals surface area contributed by atoms with Gasteiger partial charge in [0.2, 0.25) is 5.91 Å². The van der Waals surface area contributed by atoms with Crippen molar-refractivity contribution < 1.29 is 14.1 Å². The lowest BCUT2D eigenvalue weighted by Crippen LogP contribution is -2.41. The van der Waals surface area contributed by atoms with Crippen LogP contribution in [0, 0.1) is 0 Å². The normalized spacial score (nSPS) is 19.9. The fourth-order valence-electron chi connectivity index (χ4n) is 2.02. The second-order valence-corrected chi connectivity index (χ2v) is 5.98. The molecular weight excluding hydrogens is 255 g/mol. The van der Waals surface area contributed by atoms with Crippen molar-refractivity contribution in [1.29, 1.82) is 0 Å². The van der Waals surface area contributed by atoms with Crippen LogP contribution in [0.15, 0.2) is 18.3 Å². The van der Waals surface area contributed by atoms with Crippen LogP contribution in [-0.2, 0) is 20.5 Å². The van der Waals surface area contributed by atoms with Gasteiger partial charge in [-0.2, -0.15) is 0 Å². The second kappa shape index (κ2) is 5.18. The summed E-state index contributed by atoms with van der Waals surface area (Å²) in [5, 5.41) is 2.60. The summed E-state index contributed by atoms with van der Waals surface area (Å²) >= 11 is 0. The number of aromatic nitrogens is 1. The van der Waals surface area contributed by atoms with Crippen molar-refractivity contribution in [2.45, 2.75) is 45.3 Å². The molecule has 0 aromatic carbocycles. The van der Waals surface area contributed by atoms with Crippen LogP contribution < -0.4 is 10.8 Å². The Bertz CT molecular complexity index is 501. The third-order valence-electron chi connectivity index (χ3n) is 4.04. The maximum absolute atomic E-state index is 11.6. The van der Waals surface area contributed by atoms with E-state index in [1.807, 2.05) is 39.8 Å². The molecule has 2 rings (SSSR count). The summed E-state index contributed by atoms with van der Waals surface area (Å²) in [6, 6.07) is 3.72. The molecule has 0 atom stereocenters. The van der Waals surface area contributed by atoms with E-state index in [1.165, 1.54) is 0 Å². The van der Waals surface area contributed by atoms with Gasteiger partial charge in [0.1, 0.15) is 0 Å². The molecule has 1 N–H and O–H groups in total. The van der Waals surface area contributed by atoms with Gasteiger partial charge < -0.3 is 14.6 Å². The Morgan fingerprint density at radius 2 is 1.90 bits per heavy atom. The van der Waals surface area contributed by atoms with Gasteiger partial charge >= 0.3 is 7.12 Å². The molecule has 20 heavy (non-hydrogen) atoms.